The molecule has 0 spiro atoms. The molecule has 4 rings (SSSR count). The van der Waals surface area contributed by atoms with Crippen molar-refractivity contribution in [3.8, 4) is 0 Å². The SMILES string of the molecule is Cc1ccc(C2CN(c3ccc(C(F)(F)F)nn3)CCN2CC2CCS(=O)(=O)CC2)s1. The van der Waals surface area contributed by atoms with Gasteiger partial charge >= 0.3 is 6.18 Å². The first-order valence-corrected chi connectivity index (χ1v) is 12.9. The summed E-state index contributed by atoms with van der Waals surface area (Å²) in [7, 11) is -2.90. The molecule has 1 atom stereocenters. The Hall–Kier alpha value is -1.72. The van der Waals surface area contributed by atoms with Crippen LogP contribution in [0.1, 0.15) is 34.3 Å². The van der Waals surface area contributed by atoms with Crippen LogP contribution in [0.4, 0.5) is 19.0 Å². The van der Waals surface area contributed by atoms with Gasteiger partial charge in [-0.25, -0.2) is 8.42 Å². The molecule has 0 aliphatic carbocycles. The maximum Gasteiger partial charge on any atom is 0.435 e. The highest BCUT2D eigenvalue weighted by atomic mass is 32.2. The number of halogens is 3. The highest BCUT2D eigenvalue weighted by Crippen LogP contribution is 2.34. The molecule has 2 aromatic rings. The Morgan fingerprint density at radius 2 is 1.84 bits per heavy atom. The van der Waals surface area contributed by atoms with Crippen molar-refractivity contribution in [1.82, 2.24) is 15.1 Å². The van der Waals surface area contributed by atoms with Crippen molar-refractivity contribution in [2.24, 2.45) is 5.92 Å². The van der Waals surface area contributed by atoms with Crippen molar-refractivity contribution < 1.29 is 21.6 Å². The van der Waals surface area contributed by atoms with Gasteiger partial charge in [0, 0.05) is 35.9 Å². The summed E-state index contributed by atoms with van der Waals surface area (Å²) in [5.74, 6) is 1.28. The predicted octanol–water partition coefficient (Wildman–Crippen LogP) is 3.55. The van der Waals surface area contributed by atoms with Gasteiger partial charge in [-0.1, -0.05) is 0 Å². The lowest BCUT2D eigenvalue weighted by molar-refractivity contribution is -0.141. The van der Waals surface area contributed by atoms with Crippen molar-refractivity contribution in [1.29, 1.82) is 0 Å². The van der Waals surface area contributed by atoms with Gasteiger partial charge in [0.1, 0.15) is 9.84 Å². The second-order valence-corrected chi connectivity index (χ2v) is 11.9. The van der Waals surface area contributed by atoms with Crippen LogP contribution >= 0.6 is 11.3 Å². The molecule has 2 saturated heterocycles. The second-order valence-electron chi connectivity index (χ2n) is 8.27. The minimum absolute atomic E-state index is 0.0788. The first-order valence-electron chi connectivity index (χ1n) is 10.3. The average molecular weight is 475 g/mol. The van der Waals surface area contributed by atoms with Gasteiger partial charge in [-0.05, 0) is 49.9 Å². The topological polar surface area (TPSA) is 66.4 Å². The molecule has 2 fully saturated rings. The molecule has 0 saturated carbocycles. The number of aromatic nitrogens is 2. The van der Waals surface area contributed by atoms with Crippen LogP contribution < -0.4 is 4.90 Å². The van der Waals surface area contributed by atoms with E-state index in [4.69, 9.17) is 0 Å². The molecule has 1 unspecified atom stereocenters. The van der Waals surface area contributed by atoms with E-state index in [1.165, 1.54) is 15.8 Å². The number of piperazine rings is 1. The normalized spacial score (nSPS) is 23.2. The van der Waals surface area contributed by atoms with E-state index in [1.54, 1.807) is 11.3 Å². The summed E-state index contributed by atoms with van der Waals surface area (Å²) in [5.41, 5.74) is -0.993. The summed E-state index contributed by atoms with van der Waals surface area (Å²) >= 11 is 1.71. The third kappa shape index (κ3) is 5.38. The number of alkyl halides is 3. The fourth-order valence-electron chi connectivity index (χ4n) is 4.25. The lowest BCUT2D eigenvalue weighted by Gasteiger charge is -2.43. The number of hydrogen-bond acceptors (Lipinski definition) is 7. The van der Waals surface area contributed by atoms with Gasteiger partial charge < -0.3 is 4.90 Å². The van der Waals surface area contributed by atoms with Crippen molar-refractivity contribution >= 4 is 27.0 Å². The molecule has 0 N–H and O–H groups in total. The Labute approximate surface area is 184 Å². The molecular formula is C20H25F3N4O2S2. The van der Waals surface area contributed by atoms with E-state index < -0.39 is 21.7 Å². The number of nitrogens with zero attached hydrogens (tertiary/aromatic N) is 4. The summed E-state index contributed by atoms with van der Waals surface area (Å²) in [4.78, 5) is 6.77. The number of hydrogen-bond donors (Lipinski definition) is 0. The number of thiophene rings is 1. The van der Waals surface area contributed by atoms with Gasteiger partial charge in [-0.15, -0.1) is 21.5 Å². The summed E-state index contributed by atoms with van der Waals surface area (Å²) in [6.45, 7) is 4.83. The predicted molar refractivity (Wildman–Crippen MR) is 114 cm³/mol. The van der Waals surface area contributed by atoms with Crippen molar-refractivity contribution in [3.63, 3.8) is 0 Å². The molecule has 2 aliphatic heterocycles. The van der Waals surface area contributed by atoms with Gasteiger partial charge in [-0.2, -0.15) is 13.2 Å². The van der Waals surface area contributed by atoms with Gasteiger partial charge in [-0.3, -0.25) is 4.90 Å². The van der Waals surface area contributed by atoms with Crippen LogP contribution in [0.3, 0.4) is 0 Å². The fourth-order valence-corrected chi connectivity index (χ4v) is 6.84. The third-order valence-electron chi connectivity index (χ3n) is 6.01. The summed E-state index contributed by atoms with van der Waals surface area (Å²) in [6.07, 6.45) is -3.14. The maximum absolute atomic E-state index is 12.8. The van der Waals surface area contributed by atoms with Crippen LogP contribution in [0.15, 0.2) is 24.3 Å². The first kappa shape index (κ1) is 22.5. The number of rotatable bonds is 4. The Bertz CT molecular complexity index is 994. The van der Waals surface area contributed by atoms with Crippen LogP contribution in [-0.4, -0.2) is 61.2 Å². The first-order chi connectivity index (χ1) is 14.6. The Morgan fingerprint density at radius 3 is 2.42 bits per heavy atom. The van der Waals surface area contributed by atoms with Crippen LogP contribution in [0.5, 0.6) is 0 Å². The Balaban J connectivity index is 1.50. The van der Waals surface area contributed by atoms with Crippen molar-refractivity contribution in [2.45, 2.75) is 32.0 Å². The van der Waals surface area contributed by atoms with Gasteiger partial charge in [0.2, 0.25) is 0 Å². The highest BCUT2D eigenvalue weighted by Gasteiger charge is 2.35. The molecule has 11 heteroatoms. The quantitative estimate of drug-likeness (QED) is 0.675. The third-order valence-corrected chi connectivity index (χ3v) is 8.83. The van der Waals surface area contributed by atoms with Gasteiger partial charge in [0.15, 0.2) is 11.5 Å². The summed E-state index contributed by atoms with van der Waals surface area (Å²) < 4.78 is 62.0. The molecule has 4 heterocycles. The van der Waals surface area contributed by atoms with Crippen LogP contribution in [0, 0.1) is 12.8 Å². The van der Waals surface area contributed by atoms with Crippen LogP contribution in [-0.2, 0) is 16.0 Å². The minimum atomic E-state index is -4.51. The van der Waals surface area contributed by atoms with E-state index in [0.717, 1.165) is 19.2 Å². The molecule has 31 heavy (non-hydrogen) atoms. The molecular weight excluding hydrogens is 449 g/mol. The zero-order chi connectivity index (χ0) is 22.2. The zero-order valence-corrected chi connectivity index (χ0v) is 18.8. The highest BCUT2D eigenvalue weighted by molar-refractivity contribution is 7.91. The standard InChI is InChI=1S/C20H25F3N4O2S2/c1-14-2-3-17(30-14)16-13-27(19-5-4-18(24-25-19)20(21,22)23)9-8-26(16)12-15-6-10-31(28,29)11-7-15/h2-5,15-16H,6-13H2,1H3. The molecule has 6 nitrogen and oxygen atoms in total. The number of aryl methyl sites for hydroxylation is 1. The molecule has 2 aromatic heterocycles. The molecule has 0 radical (unpaired) electrons. The van der Waals surface area contributed by atoms with Crippen LogP contribution in [0.25, 0.3) is 0 Å². The van der Waals surface area contributed by atoms with E-state index >= 15 is 0 Å². The second kappa shape index (κ2) is 8.67. The van der Waals surface area contributed by atoms with E-state index in [9.17, 15) is 21.6 Å². The maximum atomic E-state index is 12.8. The average Bonchev–Trinajstić information content (AvgIpc) is 3.15. The molecule has 170 valence electrons. The zero-order valence-electron chi connectivity index (χ0n) is 17.2. The summed E-state index contributed by atoms with van der Waals surface area (Å²) in [5, 5.41) is 7.20. The summed E-state index contributed by atoms with van der Waals surface area (Å²) in [6, 6.07) is 6.61. The molecule has 0 amide bonds. The smallest absolute Gasteiger partial charge is 0.352 e. The van der Waals surface area contributed by atoms with E-state index in [1.807, 2.05) is 11.8 Å². The van der Waals surface area contributed by atoms with Gasteiger partial charge in [0.25, 0.3) is 0 Å². The lowest BCUT2D eigenvalue weighted by Crippen LogP contribution is -2.50. The van der Waals surface area contributed by atoms with Crippen molar-refractivity contribution in [2.75, 3.05) is 42.6 Å². The monoisotopic (exact) mass is 474 g/mol. The van der Waals surface area contributed by atoms with E-state index in [-0.39, 0.29) is 17.5 Å². The number of anilines is 1. The Kier molecular flexibility index (Phi) is 6.28. The van der Waals surface area contributed by atoms with Crippen LogP contribution in [0.2, 0.25) is 0 Å². The van der Waals surface area contributed by atoms with E-state index in [2.05, 4.69) is 27.2 Å². The molecule has 2 aliphatic rings. The largest absolute Gasteiger partial charge is 0.435 e. The minimum Gasteiger partial charge on any atom is -0.352 e. The van der Waals surface area contributed by atoms with E-state index in [0.29, 0.717) is 37.7 Å². The fraction of sp³-hybridized carbons (Fsp3) is 0.600. The van der Waals surface area contributed by atoms with Gasteiger partial charge in [0.05, 0.1) is 17.5 Å². The molecule has 0 bridgehead atoms. The van der Waals surface area contributed by atoms with Crippen molar-refractivity contribution in [3.05, 3.63) is 39.7 Å². The molecule has 0 aromatic carbocycles. The Morgan fingerprint density at radius 1 is 1.10 bits per heavy atom. The lowest BCUT2D eigenvalue weighted by atomic mass is 9.99. The number of sulfone groups is 1.